The fourth-order valence-electron chi connectivity index (χ4n) is 1.80. The molecule has 0 aliphatic heterocycles. The van der Waals surface area contributed by atoms with Gasteiger partial charge in [-0.3, -0.25) is 0 Å². The molecule has 0 saturated carbocycles. The highest BCUT2D eigenvalue weighted by atomic mass is 35.5. The Balaban J connectivity index is 2.84. The molecule has 1 aromatic rings. The lowest BCUT2D eigenvalue weighted by Crippen LogP contribution is -2.26. The molecule has 0 aliphatic carbocycles. The molecule has 3 N–H and O–H groups in total. The lowest BCUT2D eigenvalue weighted by molar-refractivity contribution is 0.546. The van der Waals surface area contributed by atoms with Gasteiger partial charge >= 0.3 is 0 Å². The zero-order valence-corrected chi connectivity index (χ0v) is 13.0. The molecule has 0 bridgehead atoms. The van der Waals surface area contributed by atoms with Crippen molar-refractivity contribution < 1.29 is 12.8 Å². The smallest absolute Gasteiger partial charge is 0.243 e. The third-order valence-electron chi connectivity index (χ3n) is 2.91. The van der Waals surface area contributed by atoms with Gasteiger partial charge in [0.2, 0.25) is 10.0 Å². The van der Waals surface area contributed by atoms with Crippen LogP contribution in [0, 0.1) is 5.82 Å². The van der Waals surface area contributed by atoms with Crippen LogP contribution < -0.4 is 10.5 Å². The number of halogens is 2. The first-order valence-electron chi connectivity index (χ1n) is 6.60. The number of sulfonamides is 1. The van der Waals surface area contributed by atoms with Crippen molar-refractivity contribution in [1.82, 2.24) is 4.72 Å². The van der Waals surface area contributed by atoms with Crippen LogP contribution in [0.3, 0.4) is 0 Å². The molecular formula is C13H20ClFN2O2S. The van der Waals surface area contributed by atoms with Crippen LogP contribution in [-0.4, -0.2) is 15.0 Å². The molecular weight excluding hydrogens is 303 g/mol. The van der Waals surface area contributed by atoms with Crippen LogP contribution in [0.15, 0.2) is 17.0 Å². The van der Waals surface area contributed by atoms with E-state index in [0.29, 0.717) is 0 Å². The Morgan fingerprint density at radius 1 is 1.30 bits per heavy atom. The molecule has 0 aliphatic rings. The highest BCUT2D eigenvalue weighted by molar-refractivity contribution is 7.89. The van der Waals surface area contributed by atoms with Gasteiger partial charge in [-0.2, -0.15) is 0 Å². The summed E-state index contributed by atoms with van der Waals surface area (Å²) in [5.74, 6) is -0.835. The molecule has 4 nitrogen and oxygen atoms in total. The fraction of sp³-hybridized carbons (Fsp3) is 0.538. The van der Waals surface area contributed by atoms with Gasteiger partial charge in [0.25, 0.3) is 0 Å². The predicted molar refractivity (Wildman–Crippen MR) is 78.6 cm³/mol. The highest BCUT2D eigenvalue weighted by Gasteiger charge is 2.21. The second-order valence-electron chi connectivity index (χ2n) is 4.54. The molecule has 1 aromatic carbocycles. The Kier molecular flexibility index (Phi) is 6.88. The van der Waals surface area contributed by atoms with E-state index in [1.165, 1.54) is 6.07 Å². The van der Waals surface area contributed by atoms with Crippen LogP contribution in [-0.2, 0) is 16.6 Å². The standard InChI is InChI=1S/C13H20ClFN2O2S/c1-2-3-4-5-6-17-20(18,19)12-8-11(14)7-10(9-16)13(12)15/h7-8,17H,2-6,9,16H2,1H3. The van der Waals surface area contributed by atoms with Crippen LogP contribution >= 0.6 is 11.6 Å². The largest absolute Gasteiger partial charge is 0.326 e. The van der Waals surface area contributed by atoms with Gasteiger partial charge in [-0.25, -0.2) is 17.5 Å². The first kappa shape index (κ1) is 17.4. The summed E-state index contributed by atoms with van der Waals surface area (Å²) in [5, 5.41) is 0.151. The lowest BCUT2D eigenvalue weighted by atomic mass is 10.2. The second kappa shape index (κ2) is 7.93. The van der Waals surface area contributed by atoms with Gasteiger partial charge in [0.05, 0.1) is 0 Å². The molecule has 114 valence electrons. The third kappa shape index (κ3) is 4.70. The summed E-state index contributed by atoms with van der Waals surface area (Å²) < 4.78 is 40.5. The summed E-state index contributed by atoms with van der Waals surface area (Å²) in [4.78, 5) is -0.444. The van der Waals surface area contributed by atoms with Crippen LogP contribution in [0.4, 0.5) is 4.39 Å². The summed E-state index contributed by atoms with van der Waals surface area (Å²) in [6.45, 7) is 2.25. The number of hydrogen-bond donors (Lipinski definition) is 2. The maximum Gasteiger partial charge on any atom is 0.243 e. The van der Waals surface area contributed by atoms with E-state index in [9.17, 15) is 12.8 Å². The fourth-order valence-corrected chi connectivity index (χ4v) is 3.32. The van der Waals surface area contributed by atoms with E-state index in [4.69, 9.17) is 17.3 Å². The van der Waals surface area contributed by atoms with Gasteiger partial charge in [-0.1, -0.05) is 37.8 Å². The van der Waals surface area contributed by atoms with Crippen molar-refractivity contribution in [2.75, 3.05) is 6.54 Å². The van der Waals surface area contributed by atoms with Crippen LogP contribution in [0.5, 0.6) is 0 Å². The first-order chi connectivity index (χ1) is 9.42. The number of unbranched alkanes of at least 4 members (excludes halogenated alkanes) is 3. The molecule has 0 heterocycles. The molecule has 0 aromatic heterocycles. The van der Waals surface area contributed by atoms with Crippen molar-refractivity contribution in [1.29, 1.82) is 0 Å². The van der Waals surface area contributed by atoms with Gasteiger partial charge in [0.15, 0.2) is 0 Å². The summed E-state index contributed by atoms with van der Waals surface area (Å²) >= 11 is 5.79. The number of nitrogens with two attached hydrogens (primary N) is 1. The van der Waals surface area contributed by atoms with E-state index in [0.717, 1.165) is 31.7 Å². The zero-order valence-electron chi connectivity index (χ0n) is 11.5. The SMILES string of the molecule is CCCCCCNS(=O)(=O)c1cc(Cl)cc(CN)c1F. The van der Waals surface area contributed by atoms with E-state index in [2.05, 4.69) is 11.6 Å². The van der Waals surface area contributed by atoms with Gasteiger partial charge in [-0.15, -0.1) is 0 Å². The van der Waals surface area contributed by atoms with Gasteiger partial charge in [0, 0.05) is 23.7 Å². The van der Waals surface area contributed by atoms with Crippen LogP contribution in [0.1, 0.15) is 38.2 Å². The van der Waals surface area contributed by atoms with Crippen LogP contribution in [0.25, 0.3) is 0 Å². The monoisotopic (exact) mass is 322 g/mol. The third-order valence-corrected chi connectivity index (χ3v) is 4.59. The Morgan fingerprint density at radius 3 is 2.60 bits per heavy atom. The second-order valence-corrected chi connectivity index (χ2v) is 6.71. The Hall–Kier alpha value is -0.690. The van der Waals surface area contributed by atoms with Crippen molar-refractivity contribution >= 4 is 21.6 Å². The number of hydrogen-bond acceptors (Lipinski definition) is 3. The molecule has 0 amide bonds. The Labute approximate surface area is 124 Å². The van der Waals surface area contributed by atoms with E-state index in [1.807, 2.05) is 0 Å². The molecule has 0 unspecified atom stereocenters. The van der Waals surface area contributed by atoms with E-state index in [1.54, 1.807) is 0 Å². The quantitative estimate of drug-likeness (QED) is 0.723. The Morgan fingerprint density at radius 2 is 2.00 bits per heavy atom. The summed E-state index contributed by atoms with van der Waals surface area (Å²) in [5.41, 5.74) is 5.46. The van der Waals surface area contributed by atoms with E-state index in [-0.39, 0.29) is 23.7 Å². The summed E-state index contributed by atoms with van der Waals surface area (Å²) in [6.07, 6.45) is 3.77. The minimum atomic E-state index is -3.90. The zero-order chi connectivity index (χ0) is 15.2. The highest BCUT2D eigenvalue weighted by Crippen LogP contribution is 2.23. The molecule has 0 atom stereocenters. The number of rotatable bonds is 8. The summed E-state index contributed by atoms with van der Waals surface area (Å²) in [6, 6.07) is 2.43. The minimum absolute atomic E-state index is 0.0869. The molecule has 1 rings (SSSR count). The average Bonchev–Trinajstić information content (AvgIpc) is 2.40. The first-order valence-corrected chi connectivity index (χ1v) is 8.46. The van der Waals surface area contributed by atoms with Gasteiger partial charge < -0.3 is 5.73 Å². The molecule has 0 fully saturated rings. The topological polar surface area (TPSA) is 72.2 Å². The van der Waals surface area contributed by atoms with E-state index < -0.39 is 20.7 Å². The molecule has 20 heavy (non-hydrogen) atoms. The average molecular weight is 323 g/mol. The van der Waals surface area contributed by atoms with Gasteiger partial charge in [-0.05, 0) is 18.6 Å². The van der Waals surface area contributed by atoms with Crippen molar-refractivity contribution in [2.24, 2.45) is 5.73 Å². The molecule has 0 saturated heterocycles. The number of benzene rings is 1. The van der Waals surface area contributed by atoms with Gasteiger partial charge in [0.1, 0.15) is 10.7 Å². The molecule has 7 heteroatoms. The van der Waals surface area contributed by atoms with Crippen molar-refractivity contribution in [3.63, 3.8) is 0 Å². The molecule has 0 radical (unpaired) electrons. The van der Waals surface area contributed by atoms with E-state index >= 15 is 0 Å². The predicted octanol–water partition coefficient (Wildman–Crippen LogP) is 2.80. The normalized spacial score (nSPS) is 11.8. The minimum Gasteiger partial charge on any atom is -0.326 e. The number of nitrogens with one attached hydrogen (secondary N) is 1. The maximum atomic E-state index is 14.0. The summed E-state index contributed by atoms with van der Waals surface area (Å²) in [7, 11) is -3.90. The Bertz CT molecular complexity index is 550. The lowest BCUT2D eigenvalue weighted by Gasteiger charge is -2.10. The molecule has 0 spiro atoms. The van der Waals surface area contributed by atoms with Crippen molar-refractivity contribution in [3.05, 3.63) is 28.5 Å². The van der Waals surface area contributed by atoms with Crippen molar-refractivity contribution in [3.8, 4) is 0 Å². The van der Waals surface area contributed by atoms with Crippen molar-refractivity contribution in [2.45, 2.75) is 44.0 Å². The van der Waals surface area contributed by atoms with Crippen LogP contribution in [0.2, 0.25) is 5.02 Å². The maximum absolute atomic E-state index is 14.0.